The van der Waals surface area contributed by atoms with E-state index in [0.717, 1.165) is 0 Å². The summed E-state index contributed by atoms with van der Waals surface area (Å²) in [7, 11) is 0. The van der Waals surface area contributed by atoms with E-state index >= 15 is 0 Å². The van der Waals surface area contributed by atoms with E-state index in [9.17, 15) is 0 Å². The van der Waals surface area contributed by atoms with Crippen LogP contribution in [0.15, 0.2) is 43.0 Å². The van der Waals surface area contributed by atoms with Crippen LogP contribution >= 0.6 is 0 Å². The van der Waals surface area contributed by atoms with E-state index in [0.29, 0.717) is 12.5 Å². The lowest BCUT2D eigenvalue weighted by molar-refractivity contribution is 0.0211. The summed E-state index contributed by atoms with van der Waals surface area (Å²) < 4.78 is 6.00. The van der Waals surface area contributed by atoms with Crippen molar-refractivity contribution in [2.75, 3.05) is 0 Å². The topological polar surface area (TPSA) is 9.23 Å². The molecule has 1 aliphatic rings. The van der Waals surface area contributed by atoms with E-state index < -0.39 is 0 Å². The standard InChI is InChI=1S/C16H22O/c1-2-16(15-11-7-4-8-12-15)17-13-14-9-5-3-6-10-14/h2-3,5-6,9-10,15-16H,1,4,7-8,11-13H2. The van der Waals surface area contributed by atoms with Gasteiger partial charge in [0.25, 0.3) is 0 Å². The molecule has 1 nitrogen and oxygen atoms in total. The van der Waals surface area contributed by atoms with Crippen LogP contribution in [-0.2, 0) is 11.3 Å². The normalized spacial score (nSPS) is 18.8. The second-order valence-corrected chi connectivity index (χ2v) is 4.90. The summed E-state index contributed by atoms with van der Waals surface area (Å²) in [4.78, 5) is 0. The molecule has 92 valence electrons. The Labute approximate surface area is 104 Å². The zero-order valence-corrected chi connectivity index (χ0v) is 10.5. The van der Waals surface area contributed by atoms with Crippen LogP contribution in [0.25, 0.3) is 0 Å². The molecule has 1 aromatic rings. The average Bonchev–Trinajstić information content (AvgIpc) is 2.42. The largest absolute Gasteiger partial charge is 0.369 e. The van der Waals surface area contributed by atoms with Crippen LogP contribution in [0.1, 0.15) is 37.7 Å². The molecule has 0 aromatic heterocycles. The fourth-order valence-electron chi connectivity index (χ4n) is 2.63. The number of benzene rings is 1. The Morgan fingerprint density at radius 3 is 2.53 bits per heavy atom. The third-order valence-electron chi connectivity index (χ3n) is 3.63. The summed E-state index contributed by atoms with van der Waals surface area (Å²) in [5, 5.41) is 0. The van der Waals surface area contributed by atoms with Crippen molar-refractivity contribution in [3.8, 4) is 0 Å². The second-order valence-electron chi connectivity index (χ2n) is 4.90. The third-order valence-corrected chi connectivity index (χ3v) is 3.63. The van der Waals surface area contributed by atoms with E-state index in [1.807, 2.05) is 12.1 Å². The first-order valence-electron chi connectivity index (χ1n) is 6.68. The van der Waals surface area contributed by atoms with Crippen molar-refractivity contribution in [2.45, 2.75) is 44.8 Å². The van der Waals surface area contributed by atoms with Crippen molar-refractivity contribution >= 4 is 0 Å². The smallest absolute Gasteiger partial charge is 0.0785 e. The lowest BCUT2D eigenvalue weighted by Gasteiger charge is -2.28. The monoisotopic (exact) mass is 230 g/mol. The SMILES string of the molecule is C=CC(OCc1ccccc1)C1CCCCC1. The van der Waals surface area contributed by atoms with Crippen LogP contribution in [0.2, 0.25) is 0 Å². The van der Waals surface area contributed by atoms with Gasteiger partial charge >= 0.3 is 0 Å². The molecule has 1 fully saturated rings. The average molecular weight is 230 g/mol. The van der Waals surface area contributed by atoms with Crippen LogP contribution in [0.5, 0.6) is 0 Å². The highest BCUT2D eigenvalue weighted by molar-refractivity contribution is 5.13. The predicted molar refractivity (Wildman–Crippen MR) is 71.8 cm³/mol. The molecule has 1 heteroatoms. The third kappa shape index (κ3) is 3.71. The van der Waals surface area contributed by atoms with Crippen molar-refractivity contribution in [3.05, 3.63) is 48.6 Å². The van der Waals surface area contributed by atoms with E-state index in [-0.39, 0.29) is 6.10 Å². The van der Waals surface area contributed by atoms with Gasteiger partial charge in [-0.05, 0) is 24.3 Å². The molecule has 1 atom stereocenters. The quantitative estimate of drug-likeness (QED) is 0.684. The van der Waals surface area contributed by atoms with Crippen LogP contribution in [-0.4, -0.2) is 6.10 Å². The van der Waals surface area contributed by atoms with Gasteiger partial charge in [-0.25, -0.2) is 0 Å². The fourth-order valence-corrected chi connectivity index (χ4v) is 2.63. The zero-order valence-electron chi connectivity index (χ0n) is 10.5. The Morgan fingerprint density at radius 2 is 1.88 bits per heavy atom. The van der Waals surface area contributed by atoms with Gasteiger partial charge in [-0.3, -0.25) is 0 Å². The Kier molecular flexibility index (Phi) is 4.81. The Bertz CT molecular complexity index is 325. The van der Waals surface area contributed by atoms with Crippen molar-refractivity contribution in [2.24, 2.45) is 5.92 Å². The lowest BCUT2D eigenvalue weighted by Crippen LogP contribution is -2.24. The molecule has 1 aromatic carbocycles. The highest BCUT2D eigenvalue weighted by atomic mass is 16.5. The summed E-state index contributed by atoms with van der Waals surface area (Å²) >= 11 is 0. The molecule has 0 spiro atoms. The van der Waals surface area contributed by atoms with Gasteiger partial charge in [-0.15, -0.1) is 6.58 Å². The van der Waals surface area contributed by atoms with Crippen LogP contribution in [0, 0.1) is 5.92 Å². The van der Waals surface area contributed by atoms with Gasteiger partial charge in [-0.1, -0.05) is 55.7 Å². The maximum Gasteiger partial charge on any atom is 0.0785 e. The van der Waals surface area contributed by atoms with E-state index in [1.54, 1.807) is 0 Å². The molecule has 0 radical (unpaired) electrons. The molecule has 0 heterocycles. The first kappa shape index (κ1) is 12.4. The van der Waals surface area contributed by atoms with Gasteiger partial charge in [0.2, 0.25) is 0 Å². The summed E-state index contributed by atoms with van der Waals surface area (Å²) in [6.07, 6.45) is 8.90. The maximum absolute atomic E-state index is 6.00. The van der Waals surface area contributed by atoms with Crippen molar-refractivity contribution in [1.29, 1.82) is 0 Å². The number of rotatable bonds is 5. The molecule has 0 N–H and O–H groups in total. The first-order chi connectivity index (χ1) is 8.40. The minimum absolute atomic E-state index is 0.232. The molecule has 17 heavy (non-hydrogen) atoms. The minimum Gasteiger partial charge on any atom is -0.369 e. The van der Waals surface area contributed by atoms with E-state index in [2.05, 4.69) is 30.8 Å². The Morgan fingerprint density at radius 1 is 1.18 bits per heavy atom. The Hall–Kier alpha value is -1.08. The molecule has 2 rings (SSSR count). The van der Waals surface area contributed by atoms with Crippen molar-refractivity contribution < 1.29 is 4.74 Å². The van der Waals surface area contributed by atoms with Gasteiger partial charge in [0, 0.05) is 0 Å². The fraction of sp³-hybridized carbons (Fsp3) is 0.500. The first-order valence-corrected chi connectivity index (χ1v) is 6.68. The van der Waals surface area contributed by atoms with Crippen LogP contribution in [0.3, 0.4) is 0 Å². The van der Waals surface area contributed by atoms with Gasteiger partial charge < -0.3 is 4.74 Å². The highest BCUT2D eigenvalue weighted by Gasteiger charge is 2.21. The number of hydrogen-bond donors (Lipinski definition) is 0. The summed E-state index contributed by atoms with van der Waals surface area (Å²) in [5.74, 6) is 0.685. The molecule has 1 saturated carbocycles. The zero-order chi connectivity index (χ0) is 11.9. The highest BCUT2D eigenvalue weighted by Crippen LogP contribution is 2.28. The van der Waals surface area contributed by atoms with Crippen molar-refractivity contribution in [1.82, 2.24) is 0 Å². The molecule has 0 saturated heterocycles. The molecule has 0 bridgehead atoms. The molecule has 1 unspecified atom stereocenters. The Balaban J connectivity index is 1.85. The van der Waals surface area contributed by atoms with E-state index in [4.69, 9.17) is 4.74 Å². The summed E-state index contributed by atoms with van der Waals surface area (Å²) in [5.41, 5.74) is 1.25. The number of ether oxygens (including phenoxy) is 1. The summed E-state index contributed by atoms with van der Waals surface area (Å²) in [6, 6.07) is 10.4. The van der Waals surface area contributed by atoms with Gasteiger partial charge in [0.05, 0.1) is 12.7 Å². The van der Waals surface area contributed by atoms with Crippen LogP contribution < -0.4 is 0 Å². The number of hydrogen-bond acceptors (Lipinski definition) is 1. The van der Waals surface area contributed by atoms with Crippen molar-refractivity contribution in [3.63, 3.8) is 0 Å². The molecular weight excluding hydrogens is 208 g/mol. The lowest BCUT2D eigenvalue weighted by atomic mass is 9.85. The van der Waals surface area contributed by atoms with Gasteiger partial charge in [0.1, 0.15) is 0 Å². The second kappa shape index (κ2) is 6.61. The van der Waals surface area contributed by atoms with E-state index in [1.165, 1.54) is 37.7 Å². The molecule has 0 aliphatic heterocycles. The summed E-state index contributed by atoms with van der Waals surface area (Å²) in [6.45, 7) is 4.63. The maximum atomic E-state index is 6.00. The molecular formula is C16H22O. The predicted octanol–water partition coefficient (Wildman–Crippen LogP) is 4.34. The van der Waals surface area contributed by atoms with Gasteiger partial charge in [0.15, 0.2) is 0 Å². The minimum atomic E-state index is 0.232. The molecule has 0 amide bonds. The van der Waals surface area contributed by atoms with Crippen LogP contribution in [0.4, 0.5) is 0 Å². The molecule has 1 aliphatic carbocycles. The van der Waals surface area contributed by atoms with Gasteiger partial charge in [-0.2, -0.15) is 0 Å².